The summed E-state index contributed by atoms with van der Waals surface area (Å²) in [5.74, 6) is -2.37. The first-order chi connectivity index (χ1) is 12.3. The van der Waals surface area contributed by atoms with E-state index in [0.29, 0.717) is 38.8 Å². The molecule has 0 aliphatic carbocycles. The molecule has 0 aromatic carbocycles. The average molecular weight is 432 g/mol. The second-order valence-electron chi connectivity index (χ2n) is 6.63. The normalized spacial score (nSPS) is 21.1. The molecule has 2 atom stereocenters. The number of carboxylic acids is 2. The maximum absolute atomic E-state index is 11.4. The van der Waals surface area contributed by atoms with E-state index >= 15 is 0 Å². The Bertz CT molecular complexity index is 482. The zero-order chi connectivity index (χ0) is 19.7. The largest absolute Gasteiger partial charge is 2.00 e. The number of nitrogens with zero attached hydrogens (tertiary/aromatic N) is 2. The summed E-state index contributed by atoms with van der Waals surface area (Å²) in [4.78, 5) is 46.9. The van der Waals surface area contributed by atoms with E-state index in [0.717, 1.165) is 25.7 Å². The van der Waals surface area contributed by atoms with Crippen LogP contribution in [-0.4, -0.2) is 58.7 Å². The molecule has 0 unspecified atom stereocenters. The van der Waals surface area contributed by atoms with Gasteiger partial charge >= 0.3 is 17.1 Å². The van der Waals surface area contributed by atoms with Gasteiger partial charge in [0, 0.05) is 25.9 Å². The summed E-state index contributed by atoms with van der Waals surface area (Å²) in [6, 6.07) is -1.36. The molecule has 2 aliphatic rings. The van der Waals surface area contributed by atoms with Crippen molar-refractivity contribution in [1.82, 2.24) is 9.80 Å². The standard InChI is InChI=1S/2C9H15NO3.Cu/c2*1-2-4-8(11)10-6-3-5-7(10)9(12)13;/h2*7H,2-6H2,1H3,(H,12,13);/q;;+2/p-2/t2*7-;/m00./s1. The molecule has 2 heterocycles. The number of likely N-dealkylation sites (tertiary alicyclic amines) is 2. The van der Waals surface area contributed by atoms with Crippen LogP contribution < -0.4 is 10.2 Å². The molecule has 2 saturated heterocycles. The summed E-state index contributed by atoms with van der Waals surface area (Å²) in [6.07, 6.45) is 5.01. The van der Waals surface area contributed by atoms with Crippen LogP contribution in [0.15, 0.2) is 0 Å². The van der Waals surface area contributed by atoms with Gasteiger partial charge in [-0.2, -0.15) is 0 Å². The van der Waals surface area contributed by atoms with Crippen molar-refractivity contribution in [3.8, 4) is 0 Å². The van der Waals surface area contributed by atoms with E-state index in [-0.39, 0.29) is 28.9 Å². The van der Waals surface area contributed by atoms with Crippen LogP contribution in [0.3, 0.4) is 0 Å². The van der Waals surface area contributed by atoms with E-state index in [1.165, 1.54) is 9.80 Å². The molecule has 27 heavy (non-hydrogen) atoms. The van der Waals surface area contributed by atoms with Crippen molar-refractivity contribution in [2.24, 2.45) is 0 Å². The van der Waals surface area contributed by atoms with Gasteiger partial charge in [0.1, 0.15) is 0 Å². The third-order valence-electron chi connectivity index (χ3n) is 4.62. The van der Waals surface area contributed by atoms with Gasteiger partial charge in [-0.3, -0.25) is 9.59 Å². The molecule has 2 aliphatic heterocycles. The number of rotatable bonds is 6. The van der Waals surface area contributed by atoms with Crippen molar-refractivity contribution in [1.29, 1.82) is 0 Å². The van der Waals surface area contributed by atoms with Crippen molar-refractivity contribution in [2.45, 2.75) is 77.3 Å². The molecule has 1 radical (unpaired) electrons. The van der Waals surface area contributed by atoms with Gasteiger partial charge in [-0.1, -0.05) is 13.8 Å². The maximum Gasteiger partial charge on any atom is 2.00 e. The van der Waals surface area contributed by atoms with E-state index < -0.39 is 24.0 Å². The molecule has 2 fully saturated rings. The summed E-state index contributed by atoms with van der Waals surface area (Å²) in [5, 5.41) is 21.2. The number of hydrogen-bond donors (Lipinski definition) is 0. The van der Waals surface area contributed by atoms with Crippen LogP contribution >= 0.6 is 0 Å². The molecule has 0 spiro atoms. The predicted octanol–water partition coefficient (Wildman–Crippen LogP) is -0.948. The molecule has 0 aromatic rings. The van der Waals surface area contributed by atoms with E-state index in [9.17, 15) is 29.4 Å². The minimum Gasteiger partial charge on any atom is -0.548 e. The Morgan fingerprint density at radius 3 is 1.37 bits per heavy atom. The van der Waals surface area contributed by atoms with E-state index in [1.54, 1.807) is 0 Å². The number of carbonyl (C=O) groups is 4. The van der Waals surface area contributed by atoms with Crippen LogP contribution in [0.5, 0.6) is 0 Å². The van der Waals surface area contributed by atoms with Crippen LogP contribution in [0.4, 0.5) is 0 Å². The van der Waals surface area contributed by atoms with Crippen molar-refractivity contribution in [2.75, 3.05) is 13.1 Å². The van der Waals surface area contributed by atoms with Crippen LogP contribution in [0.1, 0.15) is 65.2 Å². The third-order valence-corrected chi connectivity index (χ3v) is 4.62. The number of hydrogen-bond acceptors (Lipinski definition) is 6. The van der Waals surface area contributed by atoms with Crippen molar-refractivity contribution >= 4 is 23.8 Å². The van der Waals surface area contributed by atoms with Gasteiger partial charge in [-0.05, 0) is 38.5 Å². The Balaban J connectivity index is 0.000000483. The van der Waals surface area contributed by atoms with Gasteiger partial charge in [0.05, 0.1) is 24.0 Å². The van der Waals surface area contributed by atoms with Crippen LogP contribution in [0.25, 0.3) is 0 Å². The van der Waals surface area contributed by atoms with E-state index in [2.05, 4.69) is 0 Å². The fourth-order valence-electron chi connectivity index (χ4n) is 3.34. The van der Waals surface area contributed by atoms with Gasteiger partial charge in [0.25, 0.3) is 0 Å². The molecule has 0 N–H and O–H groups in total. The second-order valence-corrected chi connectivity index (χ2v) is 6.63. The molecule has 157 valence electrons. The maximum atomic E-state index is 11.4. The first-order valence-corrected chi connectivity index (χ1v) is 9.34. The van der Waals surface area contributed by atoms with Gasteiger partial charge in [-0.25, -0.2) is 0 Å². The van der Waals surface area contributed by atoms with Gasteiger partial charge in [0.2, 0.25) is 11.8 Å². The predicted molar refractivity (Wildman–Crippen MR) is 89.3 cm³/mol. The smallest absolute Gasteiger partial charge is 0.548 e. The fourth-order valence-corrected chi connectivity index (χ4v) is 3.34. The Morgan fingerprint density at radius 1 is 0.778 bits per heavy atom. The van der Waals surface area contributed by atoms with Crippen molar-refractivity contribution < 1.29 is 46.5 Å². The first-order valence-electron chi connectivity index (χ1n) is 9.34. The fraction of sp³-hybridized carbons (Fsp3) is 0.778. The first kappa shape index (κ1) is 25.4. The summed E-state index contributed by atoms with van der Waals surface area (Å²) < 4.78 is 0. The van der Waals surface area contributed by atoms with Crippen molar-refractivity contribution in [3.05, 3.63) is 0 Å². The summed E-state index contributed by atoms with van der Waals surface area (Å²) in [7, 11) is 0. The SMILES string of the molecule is CCCC(=O)N1CCC[C@H]1C(=O)[O-].CCCC(=O)N1CCC[C@H]1C(=O)[O-].[Cu+2]. The quantitative estimate of drug-likeness (QED) is 0.500. The van der Waals surface area contributed by atoms with Crippen molar-refractivity contribution in [3.63, 3.8) is 0 Å². The van der Waals surface area contributed by atoms with E-state index in [4.69, 9.17) is 0 Å². The van der Waals surface area contributed by atoms with Gasteiger partial charge < -0.3 is 29.6 Å². The monoisotopic (exact) mass is 431 g/mol. The molecule has 9 heteroatoms. The molecule has 2 rings (SSSR count). The average Bonchev–Trinajstić information content (AvgIpc) is 3.25. The van der Waals surface area contributed by atoms with Crippen LogP contribution in [-0.2, 0) is 36.2 Å². The summed E-state index contributed by atoms with van der Waals surface area (Å²) in [6.45, 7) is 4.94. The molecule has 0 aromatic heterocycles. The molecular weight excluding hydrogens is 404 g/mol. The molecular formula is C18H28CuN2O6. The molecule has 0 bridgehead atoms. The second kappa shape index (κ2) is 12.7. The number of carbonyl (C=O) groups excluding carboxylic acids is 4. The Morgan fingerprint density at radius 2 is 1.11 bits per heavy atom. The number of aliphatic carboxylic acids is 2. The minimum atomic E-state index is -1.12. The Kier molecular flexibility index (Phi) is 12.0. The summed E-state index contributed by atoms with van der Waals surface area (Å²) >= 11 is 0. The minimum absolute atomic E-state index is 0. The summed E-state index contributed by atoms with van der Waals surface area (Å²) in [5.41, 5.74) is 0. The number of carboxylic acid groups (broad SMARTS) is 2. The van der Waals surface area contributed by atoms with E-state index in [1.807, 2.05) is 13.8 Å². The Labute approximate surface area is 170 Å². The van der Waals surface area contributed by atoms with Crippen LogP contribution in [0.2, 0.25) is 0 Å². The molecule has 0 saturated carbocycles. The zero-order valence-corrected chi connectivity index (χ0v) is 16.8. The number of amides is 2. The van der Waals surface area contributed by atoms with Gasteiger partial charge in [-0.15, -0.1) is 0 Å². The third kappa shape index (κ3) is 7.50. The Hall–Kier alpha value is -1.60. The van der Waals surface area contributed by atoms with Gasteiger partial charge in [0.15, 0.2) is 0 Å². The topological polar surface area (TPSA) is 121 Å². The molecule has 2 amide bonds. The van der Waals surface area contributed by atoms with Crippen LogP contribution in [0, 0.1) is 0 Å². The zero-order valence-electron chi connectivity index (χ0n) is 15.9. The molecule has 8 nitrogen and oxygen atoms in total.